The van der Waals surface area contributed by atoms with Crippen LogP contribution in [-0.2, 0) is 35.6 Å². The van der Waals surface area contributed by atoms with E-state index in [2.05, 4.69) is 44.2 Å². The number of ether oxygens (including phenoxy) is 5. The summed E-state index contributed by atoms with van der Waals surface area (Å²) in [6.45, 7) is 9.70. The van der Waals surface area contributed by atoms with Gasteiger partial charge in [0.25, 0.3) is 5.56 Å². The largest absolute Gasteiger partial charge is 0.497 e. The van der Waals surface area contributed by atoms with Crippen LogP contribution in [0.1, 0.15) is 65.9 Å². The summed E-state index contributed by atoms with van der Waals surface area (Å²) < 4.78 is 40.2. The highest BCUT2D eigenvalue weighted by molar-refractivity contribution is 6.74. The SMILES string of the molecule is CNC(=O)Cn1cc([C@H]2C[C@H](O[Si](C)(C)C(C)(C)C)[C@@](COC(=O)c3ccccc3)(COC(c3ccccc3)(c3ccc(OC)cc3)c3ccc(OC)cc3)O2)c(=O)[nH]c1=O. The number of aromatic amines is 1. The number of hydrogen-bond acceptors (Lipinski definition) is 10. The molecule has 0 saturated carbocycles. The molecule has 14 heteroatoms. The van der Waals surface area contributed by atoms with Crippen molar-refractivity contribution in [2.24, 2.45) is 0 Å². The normalized spacial score (nSPS) is 18.0. The Morgan fingerprint density at radius 3 is 1.89 bits per heavy atom. The highest BCUT2D eigenvalue weighted by atomic mass is 28.4. The first-order chi connectivity index (χ1) is 29.1. The molecule has 0 radical (unpaired) electrons. The maximum Gasteiger partial charge on any atom is 0.338 e. The van der Waals surface area contributed by atoms with E-state index >= 15 is 0 Å². The van der Waals surface area contributed by atoms with Gasteiger partial charge in [-0.05, 0) is 71.2 Å². The number of likely N-dealkylation sites (N-methyl/N-ethyl adjacent to an activating group) is 1. The molecule has 4 aromatic carbocycles. The van der Waals surface area contributed by atoms with Crippen LogP contribution in [0.2, 0.25) is 18.1 Å². The van der Waals surface area contributed by atoms with Crippen LogP contribution in [-0.4, -0.2) is 75.9 Å². The molecule has 1 aromatic heterocycles. The summed E-state index contributed by atoms with van der Waals surface area (Å²) in [7, 11) is 2.01. The third-order valence-corrected chi connectivity index (χ3v) is 16.3. The Bertz CT molecular complexity index is 2350. The van der Waals surface area contributed by atoms with Gasteiger partial charge in [-0.15, -0.1) is 0 Å². The third kappa shape index (κ3) is 9.57. The van der Waals surface area contributed by atoms with E-state index in [1.54, 1.807) is 38.5 Å². The van der Waals surface area contributed by atoms with Crippen molar-refractivity contribution >= 4 is 20.2 Å². The molecule has 1 aliphatic heterocycles. The Labute approximate surface area is 357 Å². The Balaban J connectivity index is 1.56. The molecular weight excluding hydrogens is 795 g/mol. The molecule has 0 bridgehead atoms. The minimum absolute atomic E-state index is 0.100. The van der Waals surface area contributed by atoms with Crippen LogP contribution in [0.5, 0.6) is 11.5 Å². The van der Waals surface area contributed by atoms with Crippen LogP contribution in [0.25, 0.3) is 0 Å². The summed E-state index contributed by atoms with van der Waals surface area (Å²) >= 11 is 0. The van der Waals surface area contributed by atoms with Crippen molar-refractivity contribution in [3.63, 3.8) is 0 Å². The van der Waals surface area contributed by atoms with E-state index in [0.29, 0.717) is 17.1 Å². The zero-order valence-corrected chi connectivity index (χ0v) is 37.0. The van der Waals surface area contributed by atoms with Crippen LogP contribution in [0.4, 0.5) is 0 Å². The van der Waals surface area contributed by atoms with Gasteiger partial charge in [0.1, 0.15) is 30.3 Å². The molecule has 0 aliphatic carbocycles. The summed E-state index contributed by atoms with van der Waals surface area (Å²) in [5.74, 6) is 0.279. The molecule has 1 aliphatic rings. The summed E-state index contributed by atoms with van der Waals surface area (Å²) in [5, 5.41) is 2.25. The molecular formula is C47H55N3O10Si. The van der Waals surface area contributed by atoms with Crippen molar-refractivity contribution in [2.45, 2.75) is 75.3 Å². The fourth-order valence-electron chi connectivity index (χ4n) is 7.25. The second-order valence-electron chi connectivity index (χ2n) is 16.7. The van der Waals surface area contributed by atoms with Crippen LogP contribution in [0.15, 0.2) is 125 Å². The second-order valence-corrected chi connectivity index (χ2v) is 21.4. The van der Waals surface area contributed by atoms with Gasteiger partial charge in [-0.1, -0.05) is 93.6 Å². The zero-order chi connectivity index (χ0) is 44.0. The van der Waals surface area contributed by atoms with Gasteiger partial charge in [0.05, 0.1) is 44.2 Å². The lowest BCUT2D eigenvalue weighted by Crippen LogP contribution is -2.56. The van der Waals surface area contributed by atoms with Crippen LogP contribution in [0, 0.1) is 0 Å². The Morgan fingerprint density at radius 1 is 0.820 bits per heavy atom. The number of rotatable bonds is 16. The number of aromatic nitrogens is 2. The zero-order valence-electron chi connectivity index (χ0n) is 36.0. The van der Waals surface area contributed by atoms with Gasteiger partial charge in [0, 0.05) is 19.7 Å². The van der Waals surface area contributed by atoms with Crippen molar-refractivity contribution in [2.75, 3.05) is 34.5 Å². The molecule has 1 fully saturated rings. The monoisotopic (exact) mass is 849 g/mol. The molecule has 13 nitrogen and oxygen atoms in total. The number of amides is 1. The number of carbonyl (C=O) groups is 2. The van der Waals surface area contributed by atoms with E-state index < -0.39 is 54.9 Å². The van der Waals surface area contributed by atoms with Crippen molar-refractivity contribution < 1.29 is 37.7 Å². The molecule has 1 amide bonds. The molecule has 3 atom stereocenters. The smallest absolute Gasteiger partial charge is 0.338 e. The summed E-state index contributed by atoms with van der Waals surface area (Å²) in [5.41, 5.74) is -1.54. The lowest BCUT2D eigenvalue weighted by molar-refractivity contribution is -0.166. The molecule has 2 N–H and O–H groups in total. The first kappa shape index (κ1) is 44.7. The maximum absolute atomic E-state index is 13.8. The van der Waals surface area contributed by atoms with Crippen molar-refractivity contribution in [3.8, 4) is 11.5 Å². The van der Waals surface area contributed by atoms with Gasteiger partial charge < -0.3 is 33.4 Å². The number of nitrogens with one attached hydrogen (secondary N) is 2. The predicted octanol–water partition coefficient (Wildman–Crippen LogP) is 6.76. The lowest BCUT2D eigenvalue weighted by atomic mass is 9.79. The van der Waals surface area contributed by atoms with E-state index in [-0.39, 0.29) is 36.8 Å². The van der Waals surface area contributed by atoms with Crippen LogP contribution < -0.4 is 26.0 Å². The number of benzene rings is 4. The van der Waals surface area contributed by atoms with E-state index in [4.69, 9.17) is 28.1 Å². The molecule has 322 valence electrons. The van der Waals surface area contributed by atoms with Gasteiger partial charge in [-0.2, -0.15) is 0 Å². The predicted molar refractivity (Wildman–Crippen MR) is 234 cm³/mol. The summed E-state index contributed by atoms with van der Waals surface area (Å²) in [4.78, 5) is 55.2. The Hall–Kier alpha value is -5.80. The van der Waals surface area contributed by atoms with Crippen LogP contribution >= 0.6 is 0 Å². The van der Waals surface area contributed by atoms with Crippen molar-refractivity contribution in [3.05, 3.63) is 164 Å². The average Bonchev–Trinajstić information content (AvgIpc) is 3.61. The van der Waals surface area contributed by atoms with Crippen molar-refractivity contribution in [1.82, 2.24) is 14.9 Å². The number of esters is 1. The highest BCUT2D eigenvalue weighted by Crippen LogP contribution is 2.49. The number of H-pyrrole nitrogens is 1. The van der Waals surface area contributed by atoms with Gasteiger partial charge in [-0.3, -0.25) is 19.1 Å². The fourth-order valence-corrected chi connectivity index (χ4v) is 8.62. The molecule has 6 rings (SSSR count). The van der Waals surface area contributed by atoms with E-state index in [1.165, 1.54) is 13.2 Å². The van der Waals surface area contributed by atoms with Gasteiger partial charge in [0.15, 0.2) is 13.9 Å². The number of carbonyl (C=O) groups excluding carboxylic acids is 2. The topological polar surface area (TPSA) is 156 Å². The summed E-state index contributed by atoms with van der Waals surface area (Å²) in [6.07, 6.45) is -0.313. The molecule has 2 heterocycles. The molecule has 0 unspecified atom stereocenters. The van der Waals surface area contributed by atoms with Crippen LogP contribution in [0.3, 0.4) is 0 Å². The summed E-state index contributed by atoms with van der Waals surface area (Å²) in [6, 6.07) is 33.6. The average molecular weight is 850 g/mol. The molecule has 1 saturated heterocycles. The minimum Gasteiger partial charge on any atom is -0.497 e. The first-order valence-corrected chi connectivity index (χ1v) is 23.1. The highest BCUT2D eigenvalue weighted by Gasteiger charge is 2.56. The molecule has 61 heavy (non-hydrogen) atoms. The fraction of sp³-hybridized carbons (Fsp3) is 0.362. The number of methoxy groups -OCH3 is 2. The van der Waals surface area contributed by atoms with E-state index in [1.807, 2.05) is 84.9 Å². The standard InChI is InChI=1S/C47H55N3O10Si/c1-45(2,3)61(7,8)60-40-27-39(38-28-50(29-41(51)48-4)44(54)49-42(38)52)59-46(40,30-57-43(53)32-15-11-9-12-16-32)31-58-47(33-17-13-10-14-18-33,34-19-23-36(55-5)24-20-34)35-21-25-37(56-6)26-22-35/h9-26,28,39-40H,27,29-31H2,1-8H3,(H,48,51)(H,49,52,54)/t39-,40+,46-/m1/s1. The number of hydrogen-bond donors (Lipinski definition) is 2. The first-order valence-electron chi connectivity index (χ1n) is 20.2. The quantitative estimate of drug-likeness (QED) is 0.0619. The minimum atomic E-state index is -2.66. The third-order valence-electron chi connectivity index (χ3n) is 11.8. The van der Waals surface area contributed by atoms with Gasteiger partial charge in [0.2, 0.25) is 5.91 Å². The Kier molecular flexibility index (Phi) is 13.5. The van der Waals surface area contributed by atoms with Gasteiger partial charge >= 0.3 is 11.7 Å². The maximum atomic E-state index is 13.8. The second kappa shape index (κ2) is 18.4. The molecule has 5 aromatic rings. The van der Waals surface area contributed by atoms with Gasteiger partial charge in [-0.25, -0.2) is 9.59 Å². The van der Waals surface area contributed by atoms with E-state index in [0.717, 1.165) is 21.3 Å². The Morgan fingerprint density at radius 2 is 1.36 bits per heavy atom. The molecule has 0 spiro atoms. The number of nitrogens with zero attached hydrogens (tertiary/aromatic N) is 1. The van der Waals surface area contributed by atoms with E-state index in [9.17, 15) is 19.2 Å². The van der Waals surface area contributed by atoms with Crippen molar-refractivity contribution in [1.29, 1.82) is 0 Å². The lowest BCUT2D eigenvalue weighted by Gasteiger charge is -2.44.